The molecular formula is C29H30Si. The molecule has 0 radical (unpaired) electrons. The van der Waals surface area contributed by atoms with E-state index in [0.717, 1.165) is 0 Å². The Kier molecular flexibility index (Phi) is 5.49. The Morgan fingerprint density at radius 1 is 0.467 bits per heavy atom. The average Bonchev–Trinajstić information content (AvgIpc) is 2.77. The van der Waals surface area contributed by atoms with Crippen LogP contribution in [0.15, 0.2) is 109 Å². The van der Waals surface area contributed by atoms with Gasteiger partial charge < -0.3 is 0 Å². The largest absolute Gasteiger partial charge is 0.179 e. The lowest BCUT2D eigenvalue weighted by atomic mass is 9.87. The standard InChI is InChI=1S/C29H30Si/c1-23-15-19-27(20-16-23)30(25-11-7-5-8-12-25,26-13-9-6-10-14-26)28-21-17-24(18-22-28)29(2,3)4/h5-22H,1-4H3. The van der Waals surface area contributed by atoms with E-state index in [0.29, 0.717) is 0 Å². The molecule has 30 heavy (non-hydrogen) atoms. The van der Waals surface area contributed by atoms with Crippen LogP contribution in [0.5, 0.6) is 0 Å². The van der Waals surface area contributed by atoms with E-state index >= 15 is 0 Å². The van der Waals surface area contributed by atoms with Crippen LogP contribution in [0.4, 0.5) is 0 Å². The van der Waals surface area contributed by atoms with Gasteiger partial charge in [0.25, 0.3) is 0 Å². The van der Waals surface area contributed by atoms with Gasteiger partial charge in [-0.15, -0.1) is 0 Å². The molecule has 0 amide bonds. The van der Waals surface area contributed by atoms with Gasteiger partial charge in [0.05, 0.1) is 0 Å². The fourth-order valence-corrected chi connectivity index (χ4v) is 9.12. The van der Waals surface area contributed by atoms with Gasteiger partial charge in [0, 0.05) is 0 Å². The lowest BCUT2D eigenvalue weighted by Crippen LogP contribution is -2.74. The predicted octanol–water partition coefficient (Wildman–Crippen LogP) is 4.67. The molecule has 0 aromatic heterocycles. The third kappa shape index (κ3) is 3.66. The molecule has 0 aliphatic rings. The Morgan fingerprint density at radius 2 is 0.833 bits per heavy atom. The van der Waals surface area contributed by atoms with Crippen LogP contribution in [-0.2, 0) is 5.41 Å². The van der Waals surface area contributed by atoms with E-state index in [2.05, 4.69) is 137 Å². The molecule has 0 unspecified atom stereocenters. The average molecular weight is 407 g/mol. The summed E-state index contributed by atoms with van der Waals surface area (Å²) >= 11 is 0. The van der Waals surface area contributed by atoms with Gasteiger partial charge in [-0.05, 0) is 38.6 Å². The van der Waals surface area contributed by atoms with Crippen molar-refractivity contribution in [2.75, 3.05) is 0 Å². The first-order valence-electron chi connectivity index (χ1n) is 10.7. The quantitative estimate of drug-likeness (QED) is 0.341. The van der Waals surface area contributed by atoms with Gasteiger partial charge in [-0.25, -0.2) is 0 Å². The van der Waals surface area contributed by atoms with Crippen LogP contribution in [-0.4, -0.2) is 8.07 Å². The summed E-state index contributed by atoms with van der Waals surface area (Å²) in [5, 5.41) is 5.69. The first-order valence-corrected chi connectivity index (χ1v) is 12.7. The zero-order valence-corrected chi connectivity index (χ0v) is 19.4. The summed E-state index contributed by atoms with van der Waals surface area (Å²) in [6, 6.07) is 40.8. The van der Waals surface area contributed by atoms with E-state index in [1.165, 1.54) is 31.9 Å². The SMILES string of the molecule is Cc1ccc([Si](c2ccccc2)(c2ccccc2)c2ccc(C(C)(C)C)cc2)cc1. The number of aryl methyl sites for hydroxylation is 1. The van der Waals surface area contributed by atoms with Gasteiger partial charge in [-0.1, -0.05) is 136 Å². The maximum Gasteiger partial charge on any atom is 0.179 e. The predicted molar refractivity (Wildman–Crippen MR) is 133 cm³/mol. The molecule has 0 saturated carbocycles. The van der Waals surface area contributed by atoms with Crippen LogP contribution in [0.2, 0.25) is 0 Å². The lowest BCUT2D eigenvalue weighted by Gasteiger charge is -2.35. The van der Waals surface area contributed by atoms with Gasteiger partial charge in [-0.3, -0.25) is 0 Å². The minimum Gasteiger partial charge on any atom is -0.0623 e. The second-order valence-corrected chi connectivity index (χ2v) is 13.0. The Balaban J connectivity index is 2.06. The summed E-state index contributed by atoms with van der Waals surface area (Å²) in [7, 11) is -2.40. The van der Waals surface area contributed by atoms with E-state index in [1.807, 2.05) is 0 Å². The minimum absolute atomic E-state index is 0.145. The highest BCUT2D eigenvalue weighted by molar-refractivity contribution is 7.19. The van der Waals surface area contributed by atoms with Gasteiger partial charge in [-0.2, -0.15) is 0 Å². The van der Waals surface area contributed by atoms with Crippen molar-refractivity contribution in [3.8, 4) is 0 Å². The van der Waals surface area contributed by atoms with Gasteiger partial charge in [0.15, 0.2) is 8.07 Å². The molecule has 4 aromatic carbocycles. The Labute approximate surface area is 182 Å². The molecule has 0 saturated heterocycles. The third-order valence-corrected chi connectivity index (χ3v) is 10.9. The van der Waals surface area contributed by atoms with Crippen molar-refractivity contribution in [2.24, 2.45) is 0 Å². The summed E-state index contributed by atoms with van der Waals surface area (Å²) in [5.74, 6) is 0. The molecule has 0 N–H and O–H groups in total. The molecule has 0 atom stereocenters. The Bertz CT molecular complexity index is 1050. The number of rotatable bonds is 4. The maximum atomic E-state index is 2.38. The molecule has 0 heterocycles. The second-order valence-electron chi connectivity index (χ2n) is 9.18. The molecule has 0 nitrogen and oxygen atoms in total. The van der Waals surface area contributed by atoms with Crippen molar-refractivity contribution >= 4 is 28.8 Å². The summed E-state index contributed by atoms with van der Waals surface area (Å²) < 4.78 is 0. The van der Waals surface area contributed by atoms with Crippen LogP contribution in [0.3, 0.4) is 0 Å². The molecule has 4 aromatic rings. The Morgan fingerprint density at radius 3 is 1.23 bits per heavy atom. The van der Waals surface area contributed by atoms with Crippen LogP contribution >= 0.6 is 0 Å². The number of hydrogen-bond donors (Lipinski definition) is 0. The second kappa shape index (κ2) is 8.08. The van der Waals surface area contributed by atoms with Gasteiger partial charge in [0.2, 0.25) is 0 Å². The molecule has 0 aliphatic heterocycles. The zero-order valence-electron chi connectivity index (χ0n) is 18.4. The lowest BCUT2D eigenvalue weighted by molar-refractivity contribution is 0.590. The zero-order chi connectivity index (χ0) is 21.2. The molecule has 0 bridgehead atoms. The van der Waals surface area contributed by atoms with E-state index in [9.17, 15) is 0 Å². The topological polar surface area (TPSA) is 0 Å². The van der Waals surface area contributed by atoms with Crippen molar-refractivity contribution in [3.63, 3.8) is 0 Å². The molecular weight excluding hydrogens is 376 g/mol. The maximum absolute atomic E-state index is 2.40. The van der Waals surface area contributed by atoms with E-state index < -0.39 is 8.07 Å². The van der Waals surface area contributed by atoms with E-state index in [-0.39, 0.29) is 5.41 Å². The first kappa shape index (κ1) is 20.4. The molecule has 0 fully saturated rings. The van der Waals surface area contributed by atoms with Crippen molar-refractivity contribution < 1.29 is 0 Å². The van der Waals surface area contributed by atoms with Crippen molar-refractivity contribution in [2.45, 2.75) is 33.1 Å². The monoisotopic (exact) mass is 406 g/mol. The third-order valence-electron chi connectivity index (χ3n) is 6.08. The van der Waals surface area contributed by atoms with Gasteiger partial charge >= 0.3 is 0 Å². The smallest absolute Gasteiger partial charge is 0.0623 e. The summed E-state index contributed by atoms with van der Waals surface area (Å²) in [6.07, 6.45) is 0. The molecule has 0 aliphatic carbocycles. The van der Waals surface area contributed by atoms with E-state index in [4.69, 9.17) is 0 Å². The highest BCUT2D eigenvalue weighted by Crippen LogP contribution is 2.21. The van der Waals surface area contributed by atoms with Crippen LogP contribution < -0.4 is 20.7 Å². The van der Waals surface area contributed by atoms with Crippen LogP contribution in [0.25, 0.3) is 0 Å². The van der Waals surface area contributed by atoms with Crippen molar-refractivity contribution in [3.05, 3.63) is 120 Å². The Hall–Kier alpha value is -2.90. The highest BCUT2D eigenvalue weighted by atomic mass is 28.3. The normalized spacial score (nSPS) is 12.0. The summed E-state index contributed by atoms with van der Waals surface area (Å²) in [6.45, 7) is 9.00. The van der Waals surface area contributed by atoms with Crippen LogP contribution in [0.1, 0.15) is 31.9 Å². The van der Waals surface area contributed by atoms with E-state index in [1.54, 1.807) is 0 Å². The summed E-state index contributed by atoms with van der Waals surface area (Å²) in [4.78, 5) is 0. The van der Waals surface area contributed by atoms with Crippen molar-refractivity contribution in [1.82, 2.24) is 0 Å². The molecule has 4 rings (SSSR count). The summed E-state index contributed by atoms with van der Waals surface area (Å²) in [5.41, 5.74) is 2.82. The molecule has 150 valence electrons. The fourth-order valence-electron chi connectivity index (χ4n) is 4.40. The number of benzene rings is 4. The minimum atomic E-state index is -2.40. The van der Waals surface area contributed by atoms with Gasteiger partial charge in [0.1, 0.15) is 0 Å². The van der Waals surface area contributed by atoms with Crippen molar-refractivity contribution in [1.29, 1.82) is 0 Å². The molecule has 0 spiro atoms. The highest BCUT2D eigenvalue weighted by Gasteiger charge is 2.41. The number of hydrogen-bond acceptors (Lipinski definition) is 0. The first-order chi connectivity index (χ1) is 14.4. The fraction of sp³-hybridized carbons (Fsp3) is 0.172. The van der Waals surface area contributed by atoms with Crippen LogP contribution in [0, 0.1) is 6.92 Å². The molecule has 1 heteroatoms.